The lowest BCUT2D eigenvalue weighted by molar-refractivity contribution is -0.138. The molecule has 0 aromatic heterocycles. The van der Waals surface area contributed by atoms with Crippen molar-refractivity contribution in [3.8, 4) is 0 Å². The molecule has 0 saturated carbocycles. The fourth-order valence-corrected chi connectivity index (χ4v) is 0. The Labute approximate surface area is 65.6 Å². The molecule has 2 N–H and O–H groups in total. The van der Waals surface area contributed by atoms with Gasteiger partial charge in [0.05, 0.1) is 7.11 Å². The standard InChI is InChI=1S/C3H6O2.C2H4O2.CH4O/c1-3(4)5-2;1-2(3)4;1-2/h1-2H3;1H3,(H,3,4);2H,1H3. The number of hydrogen-bond donors (Lipinski definition) is 2. The van der Waals surface area contributed by atoms with Gasteiger partial charge in [0.1, 0.15) is 0 Å². The van der Waals surface area contributed by atoms with Crippen LogP contribution in [0.3, 0.4) is 0 Å². The molecule has 5 nitrogen and oxygen atoms in total. The van der Waals surface area contributed by atoms with Gasteiger partial charge >= 0.3 is 5.97 Å². The molecule has 0 saturated heterocycles. The third-order valence-electron chi connectivity index (χ3n) is 0.287. The average Bonchev–Trinajstić information content (AvgIpc) is 1.91. The second kappa shape index (κ2) is 16.0. The van der Waals surface area contributed by atoms with E-state index in [0.29, 0.717) is 0 Å². The van der Waals surface area contributed by atoms with Crippen LogP contribution in [-0.2, 0) is 14.3 Å². The summed E-state index contributed by atoms with van der Waals surface area (Å²) in [5.74, 6) is -1.08. The SMILES string of the molecule is CC(=O)O.CO.COC(C)=O. The Bertz CT molecular complexity index is 95.1. The second-order valence-electron chi connectivity index (χ2n) is 1.21. The molecule has 0 rings (SSSR count). The molecule has 5 heteroatoms. The zero-order valence-corrected chi connectivity index (χ0v) is 7.12. The number of methoxy groups -OCH3 is 1. The number of carboxylic acid groups (broad SMARTS) is 1. The van der Waals surface area contributed by atoms with Crippen LogP contribution in [-0.4, -0.2) is 36.4 Å². The minimum atomic E-state index is -0.833. The third-order valence-corrected chi connectivity index (χ3v) is 0.287. The van der Waals surface area contributed by atoms with E-state index in [2.05, 4.69) is 4.74 Å². The first-order valence-electron chi connectivity index (χ1n) is 2.69. The van der Waals surface area contributed by atoms with Gasteiger partial charge in [-0.05, 0) is 0 Å². The molecule has 0 amide bonds. The number of ether oxygens (including phenoxy) is 1. The van der Waals surface area contributed by atoms with Gasteiger partial charge in [-0.2, -0.15) is 0 Å². The molecule has 0 heterocycles. The number of carbonyl (C=O) groups is 2. The normalized spacial score (nSPS) is 5.91. The van der Waals surface area contributed by atoms with Crippen LogP contribution in [0.15, 0.2) is 0 Å². The summed E-state index contributed by atoms with van der Waals surface area (Å²) in [6.07, 6.45) is 0. The first-order valence-corrected chi connectivity index (χ1v) is 2.69. The Kier molecular flexibility index (Phi) is 23.9. The van der Waals surface area contributed by atoms with E-state index in [1.165, 1.54) is 14.0 Å². The molecule has 0 fully saturated rings. The molecule has 0 aromatic rings. The smallest absolute Gasteiger partial charge is 0.302 e. The monoisotopic (exact) mass is 166 g/mol. The van der Waals surface area contributed by atoms with E-state index < -0.39 is 5.97 Å². The molecular formula is C6H14O5. The predicted molar refractivity (Wildman–Crippen MR) is 39.1 cm³/mol. The highest BCUT2D eigenvalue weighted by Crippen LogP contribution is 1.60. The Hall–Kier alpha value is -1.10. The molecule has 0 aliphatic heterocycles. The van der Waals surface area contributed by atoms with Gasteiger partial charge < -0.3 is 14.9 Å². The van der Waals surface area contributed by atoms with Crippen molar-refractivity contribution in [3.05, 3.63) is 0 Å². The zero-order chi connectivity index (χ0) is 9.86. The molecule has 0 aromatic carbocycles. The summed E-state index contributed by atoms with van der Waals surface area (Å²) in [7, 11) is 2.35. The minimum Gasteiger partial charge on any atom is -0.481 e. The van der Waals surface area contributed by atoms with Crippen molar-refractivity contribution in [1.29, 1.82) is 0 Å². The maximum atomic E-state index is 9.59. The maximum absolute atomic E-state index is 9.59. The van der Waals surface area contributed by atoms with Gasteiger partial charge in [-0.25, -0.2) is 0 Å². The van der Waals surface area contributed by atoms with E-state index in [1.54, 1.807) is 0 Å². The first-order chi connectivity index (χ1) is 5.00. The fourth-order valence-electron chi connectivity index (χ4n) is 0. The van der Waals surface area contributed by atoms with Gasteiger partial charge in [-0.1, -0.05) is 0 Å². The summed E-state index contributed by atoms with van der Waals surface area (Å²) in [5.41, 5.74) is 0. The number of aliphatic carboxylic acids is 1. The van der Waals surface area contributed by atoms with Crippen molar-refractivity contribution in [2.75, 3.05) is 14.2 Å². The molecule has 0 radical (unpaired) electrons. The summed E-state index contributed by atoms with van der Waals surface area (Å²) >= 11 is 0. The lowest BCUT2D eigenvalue weighted by Crippen LogP contribution is -1.88. The molecule has 0 aliphatic carbocycles. The molecule has 0 spiro atoms. The van der Waals surface area contributed by atoms with Crippen LogP contribution in [0.1, 0.15) is 13.8 Å². The fraction of sp³-hybridized carbons (Fsp3) is 0.667. The highest BCUT2D eigenvalue weighted by atomic mass is 16.5. The number of carbonyl (C=O) groups excluding carboxylic acids is 1. The highest BCUT2D eigenvalue weighted by Gasteiger charge is 1.75. The van der Waals surface area contributed by atoms with Crippen LogP contribution < -0.4 is 0 Å². The molecule has 0 unspecified atom stereocenters. The first kappa shape index (κ1) is 16.5. The maximum Gasteiger partial charge on any atom is 0.302 e. The van der Waals surface area contributed by atoms with Crippen molar-refractivity contribution >= 4 is 11.9 Å². The van der Waals surface area contributed by atoms with Crippen LogP contribution in [0.2, 0.25) is 0 Å². The summed E-state index contributed by atoms with van der Waals surface area (Å²) in [4.78, 5) is 18.6. The lowest BCUT2D eigenvalue weighted by Gasteiger charge is -1.80. The highest BCUT2D eigenvalue weighted by molar-refractivity contribution is 5.65. The van der Waals surface area contributed by atoms with Gasteiger partial charge in [0.2, 0.25) is 0 Å². The minimum absolute atomic E-state index is 0.245. The second-order valence-corrected chi connectivity index (χ2v) is 1.21. The molecule has 68 valence electrons. The largest absolute Gasteiger partial charge is 0.481 e. The van der Waals surface area contributed by atoms with Crippen molar-refractivity contribution < 1.29 is 24.5 Å². The van der Waals surface area contributed by atoms with E-state index in [1.807, 2.05) is 0 Å². The Morgan fingerprint density at radius 1 is 1.18 bits per heavy atom. The van der Waals surface area contributed by atoms with Gasteiger partial charge in [-0.3, -0.25) is 9.59 Å². The summed E-state index contributed by atoms with van der Waals surface area (Å²) in [6.45, 7) is 2.44. The van der Waals surface area contributed by atoms with Gasteiger partial charge in [0.25, 0.3) is 5.97 Å². The van der Waals surface area contributed by atoms with Crippen molar-refractivity contribution in [2.45, 2.75) is 13.8 Å². The Balaban J connectivity index is -0.0000000965. The molecule has 0 atom stereocenters. The van der Waals surface area contributed by atoms with E-state index in [0.717, 1.165) is 14.0 Å². The molecule has 0 aliphatic rings. The van der Waals surface area contributed by atoms with Crippen molar-refractivity contribution in [1.82, 2.24) is 0 Å². The number of carboxylic acids is 1. The van der Waals surface area contributed by atoms with Crippen LogP contribution >= 0.6 is 0 Å². The van der Waals surface area contributed by atoms with Crippen LogP contribution in [0.25, 0.3) is 0 Å². The molecular weight excluding hydrogens is 152 g/mol. The quantitative estimate of drug-likeness (QED) is 0.490. The lowest BCUT2D eigenvalue weighted by atomic mass is 10.8. The average molecular weight is 166 g/mol. The van der Waals surface area contributed by atoms with E-state index in [-0.39, 0.29) is 5.97 Å². The Morgan fingerprint density at radius 2 is 1.27 bits per heavy atom. The molecule has 11 heavy (non-hydrogen) atoms. The Morgan fingerprint density at radius 3 is 1.27 bits per heavy atom. The predicted octanol–water partition coefficient (Wildman–Crippen LogP) is -0.121. The van der Waals surface area contributed by atoms with Crippen molar-refractivity contribution in [2.24, 2.45) is 0 Å². The number of esters is 1. The van der Waals surface area contributed by atoms with Gasteiger partial charge in [-0.15, -0.1) is 0 Å². The van der Waals surface area contributed by atoms with Crippen molar-refractivity contribution in [3.63, 3.8) is 0 Å². The van der Waals surface area contributed by atoms with Crippen LogP contribution in [0.5, 0.6) is 0 Å². The van der Waals surface area contributed by atoms with Crippen LogP contribution in [0, 0.1) is 0 Å². The number of hydrogen-bond acceptors (Lipinski definition) is 4. The summed E-state index contributed by atoms with van der Waals surface area (Å²) in [5, 5.41) is 14.4. The summed E-state index contributed by atoms with van der Waals surface area (Å²) < 4.78 is 4.11. The topological polar surface area (TPSA) is 83.8 Å². The van der Waals surface area contributed by atoms with E-state index in [9.17, 15) is 4.79 Å². The van der Waals surface area contributed by atoms with Gasteiger partial charge in [0, 0.05) is 21.0 Å². The third kappa shape index (κ3) is 523. The zero-order valence-electron chi connectivity index (χ0n) is 7.12. The molecule has 0 bridgehead atoms. The van der Waals surface area contributed by atoms with Crippen LogP contribution in [0.4, 0.5) is 0 Å². The van der Waals surface area contributed by atoms with E-state index >= 15 is 0 Å². The number of aliphatic hydroxyl groups is 1. The number of rotatable bonds is 0. The van der Waals surface area contributed by atoms with Gasteiger partial charge in [0.15, 0.2) is 0 Å². The summed E-state index contributed by atoms with van der Waals surface area (Å²) in [6, 6.07) is 0. The van der Waals surface area contributed by atoms with E-state index in [4.69, 9.17) is 15.0 Å². The number of aliphatic hydroxyl groups excluding tert-OH is 1.